The van der Waals surface area contributed by atoms with Crippen LogP contribution in [0.5, 0.6) is 11.5 Å². The first-order valence-electron chi connectivity index (χ1n) is 5.49. The van der Waals surface area contributed by atoms with E-state index in [-0.39, 0.29) is 0 Å². The van der Waals surface area contributed by atoms with E-state index in [9.17, 15) is 0 Å². The molecule has 0 bridgehead atoms. The Balaban J connectivity index is 0.000000171. The van der Waals surface area contributed by atoms with Crippen LogP contribution in [-0.4, -0.2) is 12.2 Å². The van der Waals surface area contributed by atoms with Gasteiger partial charge in [0.1, 0.15) is 11.5 Å². The first-order chi connectivity index (χ1) is 8.15. The summed E-state index contributed by atoms with van der Waals surface area (Å²) in [5.41, 5.74) is 2.10. The Morgan fingerprint density at radius 1 is 0.824 bits per heavy atom. The molecule has 0 amide bonds. The average molecular weight is 230 g/mol. The molecule has 0 aliphatic heterocycles. The topological polar surface area (TPSA) is 29.5 Å². The molecule has 17 heavy (non-hydrogen) atoms. The molecule has 2 aromatic carbocycles. The predicted octanol–water partition coefficient (Wildman–Crippen LogP) is 3.70. The number of aryl methyl sites for hydroxylation is 2. The lowest BCUT2D eigenvalue weighted by Crippen LogP contribution is -1.84. The Hall–Kier alpha value is -1.96. The third-order valence-corrected chi connectivity index (χ3v) is 2.43. The molecule has 0 aliphatic rings. The van der Waals surface area contributed by atoms with Crippen LogP contribution in [-0.2, 0) is 0 Å². The molecule has 2 nitrogen and oxygen atoms in total. The quantitative estimate of drug-likeness (QED) is 0.809. The van der Waals surface area contributed by atoms with Crippen LogP contribution in [0.4, 0.5) is 0 Å². The molecule has 0 spiro atoms. The summed E-state index contributed by atoms with van der Waals surface area (Å²) in [6.45, 7) is 3.90. The van der Waals surface area contributed by atoms with Gasteiger partial charge in [-0.3, -0.25) is 0 Å². The summed E-state index contributed by atoms with van der Waals surface area (Å²) in [4.78, 5) is 0. The Labute approximate surface area is 102 Å². The highest BCUT2D eigenvalue weighted by atomic mass is 16.5. The van der Waals surface area contributed by atoms with Gasteiger partial charge in [-0.1, -0.05) is 36.4 Å². The molecule has 0 saturated carbocycles. The molecule has 0 unspecified atom stereocenters. The zero-order valence-electron chi connectivity index (χ0n) is 10.5. The number of para-hydroxylation sites is 2. The molecule has 1 N–H and O–H groups in total. The minimum atomic E-state index is 0.368. The fourth-order valence-electron chi connectivity index (χ4n) is 1.35. The highest BCUT2D eigenvalue weighted by Gasteiger charge is 1.90. The van der Waals surface area contributed by atoms with Crippen LogP contribution in [0.15, 0.2) is 48.5 Å². The fraction of sp³-hybridized carbons (Fsp3) is 0.200. The smallest absolute Gasteiger partial charge is 0.121 e. The Kier molecular flexibility index (Phi) is 5.08. The molecule has 0 fully saturated rings. The Bertz CT molecular complexity index is 443. The lowest BCUT2D eigenvalue weighted by atomic mass is 10.2. The third kappa shape index (κ3) is 4.19. The van der Waals surface area contributed by atoms with Crippen molar-refractivity contribution in [1.82, 2.24) is 0 Å². The number of hydrogen-bond acceptors (Lipinski definition) is 2. The summed E-state index contributed by atoms with van der Waals surface area (Å²) in [5.74, 6) is 1.32. The van der Waals surface area contributed by atoms with Crippen molar-refractivity contribution in [3.8, 4) is 11.5 Å². The Morgan fingerprint density at radius 2 is 1.35 bits per heavy atom. The SMILES string of the molecule is COc1ccccc1C.Cc1ccccc1O. The molecule has 2 aromatic rings. The molecule has 0 aromatic heterocycles. The van der Waals surface area contributed by atoms with E-state index >= 15 is 0 Å². The van der Waals surface area contributed by atoms with E-state index < -0.39 is 0 Å². The molecular formula is C15H18O2. The first kappa shape index (κ1) is 13.1. The van der Waals surface area contributed by atoms with Gasteiger partial charge >= 0.3 is 0 Å². The van der Waals surface area contributed by atoms with Crippen LogP contribution in [0.2, 0.25) is 0 Å². The van der Waals surface area contributed by atoms with E-state index in [0.29, 0.717) is 5.75 Å². The molecule has 2 rings (SSSR count). The first-order valence-corrected chi connectivity index (χ1v) is 5.49. The van der Waals surface area contributed by atoms with Crippen LogP contribution < -0.4 is 4.74 Å². The standard InChI is InChI=1S/C8H10O.C7H8O/c1-7-5-3-4-6-8(7)9-2;1-6-4-2-3-5-7(6)8/h3-6H,1-2H3;2-5,8H,1H3. The van der Waals surface area contributed by atoms with Gasteiger partial charge in [-0.05, 0) is 37.1 Å². The zero-order chi connectivity index (χ0) is 12.7. The van der Waals surface area contributed by atoms with Gasteiger partial charge in [0.05, 0.1) is 7.11 Å². The summed E-state index contributed by atoms with van der Waals surface area (Å²) in [6, 6.07) is 15.2. The van der Waals surface area contributed by atoms with E-state index in [0.717, 1.165) is 11.3 Å². The van der Waals surface area contributed by atoms with Crippen molar-refractivity contribution >= 4 is 0 Å². The third-order valence-electron chi connectivity index (χ3n) is 2.43. The highest BCUT2D eigenvalue weighted by molar-refractivity contribution is 5.31. The monoisotopic (exact) mass is 230 g/mol. The lowest BCUT2D eigenvalue weighted by molar-refractivity contribution is 0.411. The maximum absolute atomic E-state index is 8.92. The van der Waals surface area contributed by atoms with Crippen molar-refractivity contribution in [3.05, 3.63) is 59.7 Å². The van der Waals surface area contributed by atoms with Crippen molar-refractivity contribution in [2.75, 3.05) is 7.11 Å². The molecule has 90 valence electrons. The number of phenolic OH excluding ortho intramolecular Hbond substituents is 1. The largest absolute Gasteiger partial charge is 0.508 e. The summed E-state index contributed by atoms with van der Waals surface area (Å²) in [5, 5.41) is 8.92. The van der Waals surface area contributed by atoms with E-state index in [1.165, 1.54) is 5.56 Å². The van der Waals surface area contributed by atoms with Gasteiger partial charge in [0.15, 0.2) is 0 Å². The van der Waals surface area contributed by atoms with Gasteiger partial charge in [0.2, 0.25) is 0 Å². The number of rotatable bonds is 1. The van der Waals surface area contributed by atoms with Crippen LogP contribution in [0.1, 0.15) is 11.1 Å². The van der Waals surface area contributed by atoms with Crippen LogP contribution in [0.25, 0.3) is 0 Å². The van der Waals surface area contributed by atoms with Crippen LogP contribution >= 0.6 is 0 Å². The van der Waals surface area contributed by atoms with Gasteiger partial charge in [-0.2, -0.15) is 0 Å². The average Bonchev–Trinajstić information content (AvgIpc) is 2.34. The van der Waals surface area contributed by atoms with Gasteiger partial charge in [0, 0.05) is 0 Å². The van der Waals surface area contributed by atoms with Gasteiger partial charge in [0.25, 0.3) is 0 Å². The highest BCUT2D eigenvalue weighted by Crippen LogP contribution is 2.14. The van der Waals surface area contributed by atoms with E-state index in [1.807, 2.05) is 56.3 Å². The minimum Gasteiger partial charge on any atom is -0.508 e. The van der Waals surface area contributed by atoms with Crippen LogP contribution in [0, 0.1) is 13.8 Å². The van der Waals surface area contributed by atoms with Gasteiger partial charge in [-0.15, -0.1) is 0 Å². The lowest BCUT2D eigenvalue weighted by Gasteiger charge is -2.00. The summed E-state index contributed by atoms with van der Waals surface area (Å²) in [6.07, 6.45) is 0. The number of ether oxygens (including phenoxy) is 1. The Morgan fingerprint density at radius 3 is 1.71 bits per heavy atom. The van der Waals surface area contributed by atoms with Crippen molar-refractivity contribution in [3.63, 3.8) is 0 Å². The molecule has 0 heterocycles. The molecule has 2 heteroatoms. The van der Waals surface area contributed by atoms with Crippen molar-refractivity contribution in [1.29, 1.82) is 0 Å². The molecule has 0 saturated heterocycles. The second kappa shape index (κ2) is 6.59. The summed E-state index contributed by atoms with van der Waals surface area (Å²) < 4.78 is 5.04. The summed E-state index contributed by atoms with van der Waals surface area (Å²) >= 11 is 0. The molecular weight excluding hydrogens is 212 g/mol. The number of methoxy groups -OCH3 is 1. The maximum atomic E-state index is 8.92. The van der Waals surface area contributed by atoms with Crippen molar-refractivity contribution < 1.29 is 9.84 Å². The second-order valence-electron chi connectivity index (χ2n) is 3.76. The zero-order valence-corrected chi connectivity index (χ0v) is 10.5. The van der Waals surface area contributed by atoms with Crippen molar-refractivity contribution in [2.45, 2.75) is 13.8 Å². The van der Waals surface area contributed by atoms with Gasteiger partial charge < -0.3 is 9.84 Å². The molecule has 0 radical (unpaired) electrons. The normalized spacial score (nSPS) is 9.12. The van der Waals surface area contributed by atoms with Gasteiger partial charge in [-0.25, -0.2) is 0 Å². The van der Waals surface area contributed by atoms with Crippen molar-refractivity contribution in [2.24, 2.45) is 0 Å². The van der Waals surface area contributed by atoms with E-state index in [1.54, 1.807) is 13.2 Å². The number of aromatic hydroxyl groups is 1. The second-order valence-corrected chi connectivity index (χ2v) is 3.76. The number of hydrogen-bond donors (Lipinski definition) is 1. The number of phenols is 1. The van der Waals surface area contributed by atoms with E-state index in [2.05, 4.69) is 0 Å². The van der Waals surface area contributed by atoms with E-state index in [4.69, 9.17) is 9.84 Å². The minimum absolute atomic E-state index is 0.368. The fourth-order valence-corrected chi connectivity index (χ4v) is 1.35. The number of benzene rings is 2. The summed E-state index contributed by atoms with van der Waals surface area (Å²) in [7, 11) is 1.68. The van der Waals surface area contributed by atoms with Crippen LogP contribution in [0.3, 0.4) is 0 Å². The molecule has 0 atom stereocenters. The molecule has 0 aliphatic carbocycles. The predicted molar refractivity (Wildman–Crippen MR) is 70.6 cm³/mol. The maximum Gasteiger partial charge on any atom is 0.121 e.